The Morgan fingerprint density at radius 1 is 0.974 bits per heavy atom. The van der Waals surface area contributed by atoms with Crippen molar-refractivity contribution in [1.82, 2.24) is 15.2 Å². The summed E-state index contributed by atoms with van der Waals surface area (Å²) in [5.74, 6) is 0.276. The van der Waals surface area contributed by atoms with Gasteiger partial charge in [-0.2, -0.15) is 8.42 Å². The first kappa shape index (κ1) is 24.5. The zero-order valence-corrected chi connectivity index (χ0v) is 21.9. The summed E-state index contributed by atoms with van der Waals surface area (Å²) in [7, 11) is -2.66. The largest absolute Gasteiger partial charge is 0.497 e. The number of rotatable bonds is 7. The van der Waals surface area contributed by atoms with E-state index in [1.54, 1.807) is 24.3 Å². The molecule has 0 aliphatic carbocycles. The Morgan fingerprint density at radius 2 is 1.82 bits per heavy atom. The Kier molecular flexibility index (Phi) is 6.33. The van der Waals surface area contributed by atoms with Crippen LogP contribution in [0.1, 0.15) is 40.7 Å². The van der Waals surface area contributed by atoms with Crippen LogP contribution in [-0.4, -0.2) is 44.4 Å². The summed E-state index contributed by atoms with van der Waals surface area (Å²) in [5.41, 5.74) is 4.68. The molecule has 0 spiro atoms. The molecule has 0 atom stereocenters. The van der Waals surface area contributed by atoms with Gasteiger partial charge in [-0.05, 0) is 74.0 Å². The molecule has 4 aromatic rings. The van der Waals surface area contributed by atoms with Crippen LogP contribution in [0.3, 0.4) is 0 Å². The minimum Gasteiger partial charge on any atom is -0.497 e. The summed E-state index contributed by atoms with van der Waals surface area (Å²) in [5, 5.41) is 3.89. The van der Waals surface area contributed by atoms with Crippen LogP contribution in [0.5, 0.6) is 11.5 Å². The molecule has 6 rings (SSSR count). The Balaban J connectivity index is 1.32. The zero-order chi connectivity index (χ0) is 26.3. The molecule has 0 saturated carbocycles. The van der Waals surface area contributed by atoms with Gasteiger partial charge in [0.1, 0.15) is 16.4 Å². The Hall–Kier alpha value is -3.82. The summed E-state index contributed by atoms with van der Waals surface area (Å²) in [4.78, 5) is 18.8. The molecular formula is C29H29N3O5S. The van der Waals surface area contributed by atoms with Gasteiger partial charge < -0.3 is 19.2 Å². The van der Waals surface area contributed by atoms with Crippen LogP contribution in [0.25, 0.3) is 22.2 Å². The lowest BCUT2D eigenvalue weighted by Gasteiger charge is -2.26. The molecule has 8 nitrogen and oxygen atoms in total. The van der Waals surface area contributed by atoms with Gasteiger partial charge in [0.05, 0.1) is 12.7 Å². The average Bonchev–Trinajstić information content (AvgIpc) is 3.53. The van der Waals surface area contributed by atoms with E-state index in [2.05, 4.69) is 33.4 Å². The number of piperidine rings is 1. The maximum absolute atomic E-state index is 13.0. The fraction of sp³-hybridized carbons (Fsp3) is 0.276. The lowest BCUT2D eigenvalue weighted by molar-refractivity contribution is 0.0966. The number of ether oxygens (including phenoxy) is 1. The second-order valence-corrected chi connectivity index (χ2v) is 11.4. The summed E-state index contributed by atoms with van der Waals surface area (Å²) in [6.07, 6.45) is 3.82. The van der Waals surface area contributed by atoms with Crippen molar-refractivity contribution in [2.24, 2.45) is 0 Å². The van der Waals surface area contributed by atoms with Gasteiger partial charge in [0.15, 0.2) is 0 Å². The number of aromatic nitrogens is 1. The van der Waals surface area contributed by atoms with Crippen molar-refractivity contribution in [1.29, 1.82) is 0 Å². The van der Waals surface area contributed by atoms with E-state index in [0.717, 1.165) is 36.2 Å². The Morgan fingerprint density at radius 3 is 2.63 bits per heavy atom. The predicted molar refractivity (Wildman–Crippen MR) is 145 cm³/mol. The van der Waals surface area contributed by atoms with E-state index in [4.69, 9.17) is 8.92 Å². The van der Waals surface area contributed by atoms with Gasteiger partial charge in [0.2, 0.25) is 0 Å². The van der Waals surface area contributed by atoms with Crippen LogP contribution < -0.4 is 14.2 Å². The zero-order valence-electron chi connectivity index (χ0n) is 21.1. The normalized spacial score (nSPS) is 15.9. The number of amides is 1. The molecule has 1 saturated heterocycles. The predicted octanol–water partition coefficient (Wildman–Crippen LogP) is 4.84. The molecular weight excluding hydrogens is 502 g/mol. The second-order valence-electron chi connectivity index (χ2n) is 9.81. The van der Waals surface area contributed by atoms with Crippen LogP contribution in [0.4, 0.5) is 0 Å². The molecule has 196 valence electrons. The number of carbonyl (C=O) groups excluding carboxylic acids is 1. The van der Waals surface area contributed by atoms with Crippen molar-refractivity contribution < 1.29 is 22.1 Å². The number of H-pyrrole nitrogens is 1. The number of aromatic amines is 1. The highest BCUT2D eigenvalue weighted by atomic mass is 32.2. The van der Waals surface area contributed by atoms with Crippen LogP contribution in [0.15, 0.2) is 65.6 Å². The number of nitrogens with zero attached hydrogens (tertiary/aromatic N) is 1. The highest BCUT2D eigenvalue weighted by molar-refractivity contribution is 7.87. The van der Waals surface area contributed by atoms with E-state index < -0.39 is 10.1 Å². The van der Waals surface area contributed by atoms with Gasteiger partial charge in [-0.25, -0.2) is 0 Å². The first-order chi connectivity index (χ1) is 18.4. The van der Waals surface area contributed by atoms with E-state index in [9.17, 15) is 13.2 Å². The van der Waals surface area contributed by atoms with Crippen LogP contribution in [0.2, 0.25) is 0 Å². The Bertz CT molecular complexity index is 1640. The number of methoxy groups -OCH3 is 1. The van der Waals surface area contributed by atoms with Gasteiger partial charge in [0.25, 0.3) is 5.91 Å². The molecule has 2 aliphatic heterocycles. The number of fused-ring (bicyclic) bond motifs is 2. The molecule has 9 heteroatoms. The van der Waals surface area contributed by atoms with Gasteiger partial charge in [-0.3, -0.25) is 9.69 Å². The minimum absolute atomic E-state index is 0.0251. The summed E-state index contributed by atoms with van der Waals surface area (Å²) in [6, 6.07) is 17.9. The topological polar surface area (TPSA) is 101 Å². The van der Waals surface area contributed by atoms with Gasteiger partial charge in [-0.1, -0.05) is 18.6 Å². The van der Waals surface area contributed by atoms with Gasteiger partial charge in [0, 0.05) is 46.9 Å². The summed E-state index contributed by atoms with van der Waals surface area (Å²) < 4.78 is 36.7. The number of carbonyl (C=O) groups is 1. The number of hydrogen-bond donors (Lipinski definition) is 2. The van der Waals surface area contributed by atoms with Crippen molar-refractivity contribution in [2.75, 3.05) is 20.2 Å². The smallest absolute Gasteiger partial charge is 0.339 e. The van der Waals surface area contributed by atoms with Gasteiger partial charge in [-0.15, -0.1) is 0 Å². The van der Waals surface area contributed by atoms with Crippen LogP contribution in [-0.2, 0) is 23.2 Å². The van der Waals surface area contributed by atoms with Crippen molar-refractivity contribution in [2.45, 2.75) is 37.2 Å². The minimum atomic E-state index is -4.13. The molecule has 2 aliphatic rings. The fourth-order valence-electron chi connectivity index (χ4n) is 5.35. The number of likely N-dealkylation sites (tertiary alicyclic amines) is 1. The van der Waals surface area contributed by atoms with Crippen molar-refractivity contribution >= 4 is 26.9 Å². The van der Waals surface area contributed by atoms with E-state index in [-0.39, 0.29) is 23.1 Å². The third-order valence-electron chi connectivity index (χ3n) is 7.28. The summed E-state index contributed by atoms with van der Waals surface area (Å²) >= 11 is 0. The van der Waals surface area contributed by atoms with Crippen molar-refractivity contribution in [3.8, 4) is 22.8 Å². The number of nitrogens with one attached hydrogen (secondary N) is 2. The van der Waals surface area contributed by atoms with E-state index in [0.29, 0.717) is 22.4 Å². The van der Waals surface area contributed by atoms with Crippen LogP contribution in [0, 0.1) is 0 Å². The maximum Gasteiger partial charge on any atom is 0.339 e. The SMILES string of the molecule is COc1cccc(S(=O)(=O)Oc2ccc(-c3cc4cc(CN5CCCCC5)ccc4[nH]3)c3c2CNC3=O)c1. The molecule has 3 heterocycles. The lowest BCUT2D eigenvalue weighted by Crippen LogP contribution is -2.28. The molecule has 3 aromatic carbocycles. The first-order valence-electron chi connectivity index (χ1n) is 12.8. The monoisotopic (exact) mass is 531 g/mol. The third-order valence-corrected chi connectivity index (χ3v) is 8.51. The molecule has 0 radical (unpaired) electrons. The molecule has 1 amide bonds. The van der Waals surface area contributed by atoms with E-state index in [1.165, 1.54) is 44.1 Å². The maximum atomic E-state index is 13.0. The molecule has 0 unspecified atom stereocenters. The molecule has 1 aromatic heterocycles. The molecule has 1 fully saturated rings. The number of benzene rings is 3. The highest BCUT2D eigenvalue weighted by Gasteiger charge is 2.30. The van der Waals surface area contributed by atoms with Gasteiger partial charge >= 0.3 is 10.1 Å². The van der Waals surface area contributed by atoms with Crippen molar-refractivity contribution in [3.05, 3.63) is 77.4 Å². The Labute approximate surface area is 221 Å². The highest BCUT2D eigenvalue weighted by Crippen LogP contribution is 2.37. The fourth-order valence-corrected chi connectivity index (χ4v) is 6.34. The average molecular weight is 532 g/mol. The standard InChI is InChI=1S/C29H29N3O5S/c1-36-21-6-5-7-22(16-21)38(34,35)37-27-11-9-23(28-24(27)17-30-29(28)33)26-15-20-14-19(8-10-25(20)31-26)18-32-12-3-2-4-13-32/h5-11,14-16,31H,2-4,12-13,17-18H2,1H3,(H,30,33). The van der Waals surface area contributed by atoms with E-state index >= 15 is 0 Å². The molecule has 2 N–H and O–H groups in total. The van der Waals surface area contributed by atoms with Crippen LogP contribution >= 0.6 is 0 Å². The molecule has 0 bridgehead atoms. The second kappa shape index (κ2) is 9.81. The van der Waals surface area contributed by atoms with E-state index in [1.807, 2.05) is 6.07 Å². The number of hydrogen-bond acceptors (Lipinski definition) is 6. The van der Waals surface area contributed by atoms with Crippen molar-refractivity contribution in [3.63, 3.8) is 0 Å². The summed E-state index contributed by atoms with van der Waals surface area (Å²) in [6.45, 7) is 3.40. The molecule has 38 heavy (non-hydrogen) atoms. The quantitative estimate of drug-likeness (QED) is 0.331. The third kappa shape index (κ3) is 4.63. The first-order valence-corrected chi connectivity index (χ1v) is 14.2. The lowest BCUT2D eigenvalue weighted by atomic mass is 9.99.